The molecule has 0 fully saturated rings. The molecule has 9 heteroatoms. The maximum atomic E-state index is 13.5. The number of fused-ring (bicyclic) bond motifs is 1. The molecule has 0 spiro atoms. The van der Waals surface area contributed by atoms with Gasteiger partial charge in [0.1, 0.15) is 17.0 Å². The summed E-state index contributed by atoms with van der Waals surface area (Å²) in [4.78, 5) is 30.0. The predicted octanol–water partition coefficient (Wildman–Crippen LogP) is 5.79. The minimum atomic E-state index is -1.05. The zero-order valence-corrected chi connectivity index (χ0v) is 21.5. The summed E-state index contributed by atoms with van der Waals surface area (Å²) in [6.07, 6.45) is 3.10. The van der Waals surface area contributed by atoms with Crippen LogP contribution in [-0.4, -0.2) is 30.6 Å². The largest absolute Gasteiger partial charge is 0.487 e. The van der Waals surface area contributed by atoms with E-state index in [0.29, 0.717) is 55.1 Å². The van der Waals surface area contributed by atoms with Crippen LogP contribution in [0.4, 0.5) is 0 Å². The van der Waals surface area contributed by atoms with Crippen molar-refractivity contribution in [3.05, 3.63) is 74.4 Å². The van der Waals surface area contributed by atoms with E-state index in [2.05, 4.69) is 4.98 Å². The molecule has 0 saturated heterocycles. The second-order valence-electron chi connectivity index (χ2n) is 9.35. The third-order valence-corrected chi connectivity index (χ3v) is 6.04. The van der Waals surface area contributed by atoms with Crippen molar-refractivity contribution in [1.82, 2.24) is 14.0 Å². The van der Waals surface area contributed by atoms with Gasteiger partial charge in [-0.1, -0.05) is 23.2 Å². The lowest BCUT2D eigenvalue weighted by molar-refractivity contribution is -0.136. The van der Waals surface area contributed by atoms with Gasteiger partial charge in [0.2, 0.25) is 0 Å². The highest BCUT2D eigenvalue weighted by molar-refractivity contribution is 6.31. The number of aromatic nitrogens is 3. The van der Waals surface area contributed by atoms with E-state index in [1.54, 1.807) is 61.1 Å². The van der Waals surface area contributed by atoms with Crippen LogP contribution < -0.4 is 10.3 Å². The number of carbonyl (C=O) groups is 1. The molecule has 0 unspecified atom stereocenters. The van der Waals surface area contributed by atoms with Gasteiger partial charge in [0.05, 0.1) is 22.7 Å². The van der Waals surface area contributed by atoms with Gasteiger partial charge >= 0.3 is 5.97 Å². The lowest BCUT2D eigenvalue weighted by Crippen LogP contribution is -2.27. The number of hydrogen-bond acceptors (Lipinski definition) is 4. The van der Waals surface area contributed by atoms with Crippen molar-refractivity contribution in [1.29, 1.82) is 0 Å². The molecule has 0 radical (unpaired) electrons. The molecule has 35 heavy (non-hydrogen) atoms. The smallest absolute Gasteiger partial charge is 0.309 e. The van der Waals surface area contributed by atoms with Gasteiger partial charge in [0.25, 0.3) is 5.56 Å². The summed E-state index contributed by atoms with van der Waals surface area (Å²) in [5, 5.41) is 10.7. The fourth-order valence-electron chi connectivity index (χ4n) is 4.17. The fraction of sp³-hybridized carbons (Fsp3) is 0.269. The second kappa shape index (κ2) is 9.06. The summed E-state index contributed by atoms with van der Waals surface area (Å²) in [6.45, 7) is 7.54. The predicted molar refractivity (Wildman–Crippen MR) is 138 cm³/mol. The van der Waals surface area contributed by atoms with Crippen molar-refractivity contribution in [2.24, 2.45) is 7.05 Å². The quantitative estimate of drug-likeness (QED) is 0.365. The number of carboxylic acids is 1. The van der Waals surface area contributed by atoms with Crippen molar-refractivity contribution in [2.75, 3.05) is 0 Å². The third-order valence-electron chi connectivity index (χ3n) is 5.58. The molecule has 1 N–H and O–H groups in total. The topological polar surface area (TPSA) is 85.8 Å². The van der Waals surface area contributed by atoms with E-state index >= 15 is 0 Å². The zero-order chi connectivity index (χ0) is 25.7. The Balaban J connectivity index is 2.08. The van der Waals surface area contributed by atoms with Gasteiger partial charge in [-0.25, -0.2) is 4.98 Å². The molecule has 0 aliphatic rings. The molecule has 0 aliphatic carbocycles. The van der Waals surface area contributed by atoms with E-state index in [4.69, 9.17) is 27.9 Å². The summed E-state index contributed by atoms with van der Waals surface area (Å²) in [5.74, 6) is -0.561. The molecule has 0 atom stereocenters. The number of rotatable bonds is 5. The first kappa shape index (κ1) is 24.8. The molecule has 4 aromatic rings. The SMILES string of the molecule is Cc1c(-c2ccc(Cl)cc2OC(C)(C)C)c(CC(=O)O)n(C)c(=O)c1-c1cn2cc(Cl)ccc2n1. The maximum Gasteiger partial charge on any atom is 0.309 e. The lowest BCUT2D eigenvalue weighted by atomic mass is 9.92. The van der Waals surface area contributed by atoms with Crippen LogP contribution in [-0.2, 0) is 18.3 Å². The maximum absolute atomic E-state index is 13.5. The Bertz CT molecular complexity index is 1530. The summed E-state index contributed by atoms with van der Waals surface area (Å²) in [7, 11) is 1.57. The molecule has 0 amide bonds. The number of pyridine rings is 2. The Morgan fingerprint density at radius 3 is 2.43 bits per heavy atom. The van der Waals surface area contributed by atoms with Crippen LogP contribution in [0.3, 0.4) is 0 Å². The molecule has 182 valence electrons. The molecule has 3 aromatic heterocycles. The highest BCUT2D eigenvalue weighted by Gasteiger charge is 2.26. The van der Waals surface area contributed by atoms with Gasteiger partial charge in [-0.15, -0.1) is 0 Å². The number of nitrogens with zero attached hydrogens (tertiary/aromatic N) is 3. The third kappa shape index (κ3) is 4.92. The second-order valence-corrected chi connectivity index (χ2v) is 10.2. The van der Waals surface area contributed by atoms with E-state index in [1.165, 1.54) is 4.57 Å². The minimum absolute atomic E-state index is 0.343. The van der Waals surface area contributed by atoms with E-state index in [9.17, 15) is 14.7 Å². The van der Waals surface area contributed by atoms with Crippen LogP contribution in [0.5, 0.6) is 5.75 Å². The molecule has 0 bridgehead atoms. The van der Waals surface area contributed by atoms with Crippen LogP contribution in [0.25, 0.3) is 28.0 Å². The van der Waals surface area contributed by atoms with E-state index in [-0.39, 0.29) is 12.0 Å². The Morgan fingerprint density at radius 2 is 1.77 bits per heavy atom. The van der Waals surface area contributed by atoms with Gasteiger partial charge in [-0.05, 0) is 63.6 Å². The van der Waals surface area contributed by atoms with Crippen molar-refractivity contribution in [3.8, 4) is 28.1 Å². The highest BCUT2D eigenvalue weighted by atomic mass is 35.5. The first-order chi connectivity index (χ1) is 16.4. The Kier molecular flexibility index (Phi) is 6.42. The zero-order valence-electron chi connectivity index (χ0n) is 20.0. The highest BCUT2D eigenvalue weighted by Crippen LogP contribution is 2.40. The standard InChI is InChI=1S/C26H25Cl2N3O4/c1-14-23(17-8-6-15(27)10-20(17)35-26(2,3)4)19(11-22(32)33)30(5)25(34)24(14)18-13-31-12-16(28)7-9-21(31)29-18/h6-10,12-13H,11H2,1-5H3,(H,32,33). The van der Waals surface area contributed by atoms with Crippen LogP contribution in [0.15, 0.2) is 47.5 Å². The number of ether oxygens (including phenoxy) is 1. The minimum Gasteiger partial charge on any atom is -0.487 e. The normalized spacial score (nSPS) is 11.7. The molecule has 7 nitrogen and oxygen atoms in total. The van der Waals surface area contributed by atoms with Crippen LogP contribution in [0, 0.1) is 6.92 Å². The molecule has 1 aromatic carbocycles. The Hall–Kier alpha value is -3.29. The summed E-state index contributed by atoms with van der Waals surface area (Å²) in [6, 6.07) is 8.69. The summed E-state index contributed by atoms with van der Waals surface area (Å²) in [5.41, 5.74) is 2.77. The number of benzene rings is 1. The monoisotopic (exact) mass is 513 g/mol. The molecule has 0 saturated carbocycles. The molecule has 0 aliphatic heterocycles. The van der Waals surface area contributed by atoms with Gasteiger partial charge in [0, 0.05) is 41.3 Å². The average Bonchev–Trinajstić information content (AvgIpc) is 3.14. The van der Waals surface area contributed by atoms with E-state index in [1.807, 2.05) is 20.8 Å². The molecule has 4 rings (SSSR count). The van der Waals surface area contributed by atoms with E-state index in [0.717, 1.165) is 0 Å². The average molecular weight is 514 g/mol. The van der Waals surface area contributed by atoms with Crippen molar-refractivity contribution < 1.29 is 14.6 Å². The number of imidazole rings is 1. The van der Waals surface area contributed by atoms with Crippen molar-refractivity contribution >= 4 is 34.8 Å². The number of carboxylic acid groups (broad SMARTS) is 1. The number of halogens is 2. The lowest BCUT2D eigenvalue weighted by Gasteiger charge is -2.26. The first-order valence-electron chi connectivity index (χ1n) is 10.9. The van der Waals surface area contributed by atoms with Gasteiger partial charge in [0.15, 0.2) is 0 Å². The Labute approximate surface area is 212 Å². The summed E-state index contributed by atoms with van der Waals surface area (Å²) >= 11 is 12.4. The van der Waals surface area contributed by atoms with Gasteiger partial charge in [-0.3, -0.25) is 9.59 Å². The fourth-order valence-corrected chi connectivity index (χ4v) is 4.50. The Morgan fingerprint density at radius 1 is 1.09 bits per heavy atom. The molecular weight excluding hydrogens is 489 g/mol. The van der Waals surface area contributed by atoms with E-state index < -0.39 is 11.6 Å². The summed E-state index contributed by atoms with van der Waals surface area (Å²) < 4.78 is 9.33. The van der Waals surface area contributed by atoms with Crippen LogP contribution in [0.1, 0.15) is 32.0 Å². The van der Waals surface area contributed by atoms with Gasteiger partial charge in [-0.2, -0.15) is 0 Å². The number of hydrogen-bond donors (Lipinski definition) is 1. The number of aliphatic carboxylic acids is 1. The van der Waals surface area contributed by atoms with Crippen molar-refractivity contribution in [2.45, 2.75) is 39.7 Å². The van der Waals surface area contributed by atoms with Crippen LogP contribution >= 0.6 is 23.2 Å². The molecular formula is C26H25Cl2N3O4. The molecule has 3 heterocycles. The van der Waals surface area contributed by atoms with Crippen LogP contribution in [0.2, 0.25) is 10.0 Å². The van der Waals surface area contributed by atoms with Gasteiger partial charge < -0.3 is 18.8 Å². The van der Waals surface area contributed by atoms with Crippen molar-refractivity contribution in [3.63, 3.8) is 0 Å². The first-order valence-corrected chi connectivity index (χ1v) is 11.7.